The van der Waals surface area contributed by atoms with Crippen LogP contribution in [0.1, 0.15) is 29.0 Å². The summed E-state index contributed by atoms with van der Waals surface area (Å²) in [6.45, 7) is 2.50. The Bertz CT molecular complexity index is 306. The molecule has 0 aliphatic heterocycles. The van der Waals surface area contributed by atoms with Gasteiger partial charge in [-0.3, -0.25) is 4.79 Å². The van der Waals surface area contributed by atoms with Gasteiger partial charge in [0.05, 0.1) is 6.17 Å². The first-order valence-corrected chi connectivity index (χ1v) is 4.54. The van der Waals surface area contributed by atoms with Crippen LogP contribution in [0, 0.1) is 0 Å². The Morgan fingerprint density at radius 1 is 1.36 bits per heavy atom. The van der Waals surface area contributed by atoms with E-state index in [-0.39, 0.29) is 5.91 Å². The summed E-state index contributed by atoms with van der Waals surface area (Å²) in [5, 5.41) is 2.71. The largest absolute Gasteiger partial charge is 0.352 e. The molecule has 0 spiro atoms. The lowest BCUT2D eigenvalue weighted by Gasteiger charge is -2.06. The highest BCUT2D eigenvalue weighted by Crippen LogP contribution is 2.07. The van der Waals surface area contributed by atoms with Crippen LogP contribution >= 0.6 is 0 Å². The minimum Gasteiger partial charge on any atom is -0.352 e. The van der Waals surface area contributed by atoms with Crippen molar-refractivity contribution in [1.82, 2.24) is 5.32 Å². The van der Waals surface area contributed by atoms with Gasteiger partial charge in [-0.15, -0.1) is 0 Å². The minimum absolute atomic E-state index is 0.0790. The van der Waals surface area contributed by atoms with E-state index >= 15 is 0 Å². The van der Waals surface area contributed by atoms with E-state index in [9.17, 15) is 4.79 Å². The highest BCUT2D eigenvalue weighted by molar-refractivity contribution is 5.94. The molecule has 0 saturated heterocycles. The van der Waals surface area contributed by atoms with Crippen molar-refractivity contribution in [1.29, 1.82) is 0 Å². The molecule has 0 heterocycles. The van der Waals surface area contributed by atoms with Gasteiger partial charge in [0, 0.05) is 12.1 Å². The smallest absolute Gasteiger partial charge is 0.251 e. The molecule has 0 aromatic heterocycles. The molecule has 4 nitrogen and oxygen atoms in total. The molecule has 0 atom stereocenters. The molecule has 1 amide bonds. The van der Waals surface area contributed by atoms with Gasteiger partial charge in [0.1, 0.15) is 0 Å². The van der Waals surface area contributed by atoms with Gasteiger partial charge in [-0.2, -0.15) is 0 Å². The quantitative estimate of drug-likeness (QED) is 0.606. The number of carbonyl (C=O) groups excluding carboxylic acids is 1. The van der Waals surface area contributed by atoms with E-state index < -0.39 is 6.17 Å². The van der Waals surface area contributed by atoms with Crippen LogP contribution in [0.25, 0.3) is 0 Å². The average molecular weight is 193 g/mol. The van der Waals surface area contributed by atoms with E-state index in [1.165, 1.54) is 0 Å². The van der Waals surface area contributed by atoms with E-state index in [0.29, 0.717) is 12.1 Å². The third-order valence-corrected chi connectivity index (χ3v) is 1.90. The highest BCUT2D eigenvalue weighted by atomic mass is 16.1. The van der Waals surface area contributed by atoms with Crippen molar-refractivity contribution in [2.45, 2.75) is 13.1 Å². The average Bonchev–Trinajstić information content (AvgIpc) is 2.18. The third kappa shape index (κ3) is 2.55. The van der Waals surface area contributed by atoms with Gasteiger partial charge in [0.2, 0.25) is 0 Å². The van der Waals surface area contributed by atoms with Gasteiger partial charge in [-0.25, -0.2) is 0 Å². The molecule has 4 heteroatoms. The highest BCUT2D eigenvalue weighted by Gasteiger charge is 2.04. The first-order chi connectivity index (χ1) is 6.65. The maximum Gasteiger partial charge on any atom is 0.251 e. The topological polar surface area (TPSA) is 81.1 Å². The predicted molar refractivity (Wildman–Crippen MR) is 55.6 cm³/mol. The van der Waals surface area contributed by atoms with Crippen molar-refractivity contribution in [2.75, 3.05) is 6.54 Å². The molecule has 1 rings (SSSR count). The zero-order valence-corrected chi connectivity index (χ0v) is 8.16. The Labute approximate surface area is 83.3 Å². The van der Waals surface area contributed by atoms with Crippen LogP contribution in [0.4, 0.5) is 0 Å². The molecule has 1 aromatic carbocycles. The number of amides is 1. The van der Waals surface area contributed by atoms with Gasteiger partial charge < -0.3 is 16.8 Å². The van der Waals surface area contributed by atoms with E-state index in [1.54, 1.807) is 24.3 Å². The Morgan fingerprint density at radius 3 is 2.36 bits per heavy atom. The number of carbonyl (C=O) groups is 1. The summed E-state index contributed by atoms with van der Waals surface area (Å²) < 4.78 is 0. The number of nitrogens with two attached hydrogens (primary N) is 2. The maximum atomic E-state index is 11.4. The van der Waals surface area contributed by atoms with Crippen LogP contribution in [0.3, 0.4) is 0 Å². The molecular weight excluding hydrogens is 178 g/mol. The Balaban J connectivity index is 2.78. The molecule has 0 aliphatic carbocycles. The van der Waals surface area contributed by atoms with E-state index in [1.807, 2.05) is 6.92 Å². The summed E-state index contributed by atoms with van der Waals surface area (Å²) in [4.78, 5) is 11.4. The molecule has 0 fully saturated rings. The van der Waals surface area contributed by atoms with Crippen molar-refractivity contribution in [3.8, 4) is 0 Å². The standard InChI is InChI=1S/C10H15N3O/c1-2-13-10(14)8-5-3-7(4-6-8)9(11)12/h3-6,9H,2,11-12H2,1H3,(H,13,14). The molecule has 0 radical (unpaired) electrons. The van der Waals surface area contributed by atoms with Crippen molar-refractivity contribution < 1.29 is 4.79 Å². The lowest BCUT2D eigenvalue weighted by molar-refractivity contribution is 0.0956. The van der Waals surface area contributed by atoms with Crippen molar-refractivity contribution >= 4 is 5.91 Å². The Morgan fingerprint density at radius 2 is 1.93 bits per heavy atom. The Kier molecular flexibility index (Phi) is 3.62. The van der Waals surface area contributed by atoms with Gasteiger partial charge in [0.15, 0.2) is 0 Å². The van der Waals surface area contributed by atoms with Crippen molar-refractivity contribution in [3.63, 3.8) is 0 Å². The number of hydrogen-bond donors (Lipinski definition) is 3. The summed E-state index contributed by atoms with van der Waals surface area (Å²) in [5.41, 5.74) is 12.4. The normalized spacial score (nSPS) is 10.3. The molecule has 76 valence electrons. The van der Waals surface area contributed by atoms with Gasteiger partial charge >= 0.3 is 0 Å². The van der Waals surface area contributed by atoms with E-state index in [2.05, 4.69) is 5.32 Å². The summed E-state index contributed by atoms with van der Waals surface area (Å²) >= 11 is 0. The second-order valence-electron chi connectivity index (χ2n) is 3.01. The summed E-state index contributed by atoms with van der Waals surface area (Å²) in [5.74, 6) is -0.0790. The van der Waals surface area contributed by atoms with Crippen LogP contribution in [-0.4, -0.2) is 12.5 Å². The first-order valence-electron chi connectivity index (χ1n) is 4.54. The van der Waals surface area contributed by atoms with Gasteiger partial charge in [0.25, 0.3) is 5.91 Å². The predicted octanol–water partition coefficient (Wildman–Crippen LogP) is 0.352. The fourth-order valence-corrected chi connectivity index (χ4v) is 1.12. The molecule has 0 saturated carbocycles. The fourth-order valence-electron chi connectivity index (χ4n) is 1.12. The summed E-state index contributed by atoms with van der Waals surface area (Å²) in [7, 11) is 0. The molecule has 0 bridgehead atoms. The summed E-state index contributed by atoms with van der Waals surface area (Å²) in [6.07, 6.45) is -0.488. The van der Waals surface area contributed by atoms with Crippen LogP contribution in [0.15, 0.2) is 24.3 Å². The van der Waals surface area contributed by atoms with Crippen molar-refractivity contribution in [2.24, 2.45) is 11.5 Å². The summed E-state index contributed by atoms with van der Waals surface area (Å²) in [6, 6.07) is 6.95. The van der Waals surface area contributed by atoms with Crippen LogP contribution in [0.5, 0.6) is 0 Å². The minimum atomic E-state index is -0.488. The SMILES string of the molecule is CCNC(=O)c1ccc(C(N)N)cc1. The monoisotopic (exact) mass is 193 g/mol. The first kappa shape index (κ1) is 10.7. The van der Waals surface area contributed by atoms with Crippen LogP contribution in [0.2, 0.25) is 0 Å². The molecule has 1 aromatic rings. The number of rotatable bonds is 3. The molecule has 0 unspecified atom stereocenters. The fraction of sp³-hybridized carbons (Fsp3) is 0.300. The maximum absolute atomic E-state index is 11.4. The number of benzene rings is 1. The molecule has 5 N–H and O–H groups in total. The van der Waals surface area contributed by atoms with Gasteiger partial charge in [-0.1, -0.05) is 12.1 Å². The van der Waals surface area contributed by atoms with E-state index in [0.717, 1.165) is 5.56 Å². The third-order valence-electron chi connectivity index (χ3n) is 1.90. The van der Waals surface area contributed by atoms with E-state index in [4.69, 9.17) is 11.5 Å². The lowest BCUT2D eigenvalue weighted by Crippen LogP contribution is -2.23. The number of nitrogens with one attached hydrogen (secondary N) is 1. The number of hydrogen-bond acceptors (Lipinski definition) is 3. The molecular formula is C10H15N3O. The Hall–Kier alpha value is -1.39. The van der Waals surface area contributed by atoms with Crippen molar-refractivity contribution in [3.05, 3.63) is 35.4 Å². The van der Waals surface area contributed by atoms with Crippen LogP contribution < -0.4 is 16.8 Å². The zero-order valence-electron chi connectivity index (χ0n) is 8.16. The second-order valence-corrected chi connectivity index (χ2v) is 3.01. The lowest BCUT2D eigenvalue weighted by atomic mass is 10.1. The van der Waals surface area contributed by atoms with Gasteiger partial charge in [-0.05, 0) is 24.6 Å². The second kappa shape index (κ2) is 4.74. The molecule has 14 heavy (non-hydrogen) atoms. The van der Waals surface area contributed by atoms with Crippen LogP contribution in [-0.2, 0) is 0 Å². The zero-order chi connectivity index (χ0) is 10.6. The molecule has 0 aliphatic rings.